The SMILES string of the molecule is Cc1oc(-c2ccccc2)nc1CN1C(=O)NC(C)(c2ccc(F)cc2Cl)C1=O. The third-order valence-corrected chi connectivity index (χ3v) is 5.28. The van der Waals surface area contributed by atoms with Crippen LogP contribution in [0.15, 0.2) is 52.9 Å². The number of aryl methyl sites for hydroxylation is 1. The number of benzene rings is 2. The average molecular weight is 414 g/mol. The van der Waals surface area contributed by atoms with Gasteiger partial charge in [0.05, 0.1) is 6.54 Å². The summed E-state index contributed by atoms with van der Waals surface area (Å²) in [5.74, 6) is -0.102. The lowest BCUT2D eigenvalue weighted by Gasteiger charge is -2.23. The van der Waals surface area contributed by atoms with Gasteiger partial charge in [0.15, 0.2) is 0 Å². The number of imide groups is 1. The fraction of sp³-hybridized carbons (Fsp3) is 0.190. The Hall–Kier alpha value is -3.19. The van der Waals surface area contributed by atoms with Crippen molar-refractivity contribution in [3.8, 4) is 11.5 Å². The molecule has 0 spiro atoms. The van der Waals surface area contributed by atoms with Gasteiger partial charge in [-0.25, -0.2) is 14.2 Å². The molecule has 0 bridgehead atoms. The second kappa shape index (κ2) is 7.00. The van der Waals surface area contributed by atoms with Crippen LogP contribution in [0.3, 0.4) is 0 Å². The quantitative estimate of drug-likeness (QED) is 0.643. The summed E-state index contributed by atoms with van der Waals surface area (Å²) < 4.78 is 19.1. The number of urea groups is 1. The number of nitrogens with one attached hydrogen (secondary N) is 1. The van der Waals surface area contributed by atoms with Gasteiger partial charge in [0.25, 0.3) is 5.91 Å². The predicted molar refractivity (Wildman–Crippen MR) is 105 cm³/mol. The first-order chi connectivity index (χ1) is 13.8. The molecule has 1 aliphatic rings. The molecule has 2 heterocycles. The number of rotatable bonds is 4. The standard InChI is InChI=1S/C21H17ClFN3O3/c1-12-17(24-18(29-12)13-6-4-3-5-7-13)11-26-19(27)21(2,25-20(26)28)15-9-8-14(23)10-16(15)22/h3-10H,11H2,1-2H3,(H,25,28). The molecule has 0 saturated carbocycles. The summed E-state index contributed by atoms with van der Waals surface area (Å²) in [4.78, 5) is 31.2. The fourth-order valence-electron chi connectivity index (χ4n) is 3.35. The largest absolute Gasteiger partial charge is 0.441 e. The number of hydrogen-bond donors (Lipinski definition) is 1. The number of amides is 3. The first kappa shape index (κ1) is 19.1. The molecule has 2 aromatic carbocycles. The van der Waals surface area contributed by atoms with Crippen molar-refractivity contribution in [1.82, 2.24) is 15.2 Å². The zero-order chi connectivity index (χ0) is 20.8. The summed E-state index contributed by atoms with van der Waals surface area (Å²) >= 11 is 6.13. The van der Waals surface area contributed by atoms with Crippen molar-refractivity contribution >= 4 is 23.5 Å². The second-order valence-corrected chi connectivity index (χ2v) is 7.37. The van der Waals surface area contributed by atoms with Crippen LogP contribution < -0.4 is 5.32 Å². The van der Waals surface area contributed by atoms with Gasteiger partial charge < -0.3 is 9.73 Å². The third-order valence-electron chi connectivity index (χ3n) is 4.97. The van der Waals surface area contributed by atoms with E-state index in [2.05, 4.69) is 10.3 Å². The maximum atomic E-state index is 13.4. The van der Waals surface area contributed by atoms with Crippen molar-refractivity contribution in [2.24, 2.45) is 0 Å². The summed E-state index contributed by atoms with van der Waals surface area (Å²) in [7, 11) is 0. The molecule has 1 atom stereocenters. The third kappa shape index (κ3) is 3.27. The van der Waals surface area contributed by atoms with Crippen molar-refractivity contribution in [2.75, 3.05) is 0 Å². The number of nitrogens with zero attached hydrogens (tertiary/aromatic N) is 2. The van der Waals surface area contributed by atoms with E-state index in [0.29, 0.717) is 22.9 Å². The highest BCUT2D eigenvalue weighted by Gasteiger charge is 2.50. The summed E-state index contributed by atoms with van der Waals surface area (Å²) in [6.45, 7) is 3.21. The zero-order valence-corrected chi connectivity index (χ0v) is 16.5. The minimum atomic E-state index is -1.40. The Balaban J connectivity index is 1.63. The molecule has 3 aromatic rings. The number of oxazole rings is 1. The Bertz CT molecular complexity index is 1120. The first-order valence-corrected chi connectivity index (χ1v) is 9.29. The van der Waals surface area contributed by atoms with Crippen LogP contribution in [0.25, 0.3) is 11.5 Å². The van der Waals surface area contributed by atoms with Crippen LogP contribution in [-0.4, -0.2) is 21.8 Å². The van der Waals surface area contributed by atoms with Gasteiger partial charge in [0.1, 0.15) is 22.8 Å². The van der Waals surface area contributed by atoms with Crippen LogP contribution in [-0.2, 0) is 16.9 Å². The van der Waals surface area contributed by atoms with Gasteiger partial charge in [0.2, 0.25) is 5.89 Å². The molecular weight excluding hydrogens is 397 g/mol. The van der Waals surface area contributed by atoms with E-state index in [9.17, 15) is 14.0 Å². The monoisotopic (exact) mass is 413 g/mol. The van der Waals surface area contributed by atoms with E-state index in [4.69, 9.17) is 16.0 Å². The Morgan fingerprint density at radius 3 is 2.62 bits per heavy atom. The molecule has 0 radical (unpaired) electrons. The molecule has 8 heteroatoms. The lowest BCUT2D eigenvalue weighted by Crippen LogP contribution is -2.41. The van der Waals surface area contributed by atoms with Crippen molar-refractivity contribution in [2.45, 2.75) is 25.9 Å². The maximum Gasteiger partial charge on any atom is 0.325 e. The molecule has 6 nitrogen and oxygen atoms in total. The lowest BCUT2D eigenvalue weighted by atomic mass is 9.92. The van der Waals surface area contributed by atoms with Gasteiger partial charge in [-0.15, -0.1) is 0 Å². The summed E-state index contributed by atoms with van der Waals surface area (Å²) in [5, 5.41) is 2.72. The summed E-state index contributed by atoms with van der Waals surface area (Å²) in [6, 6.07) is 12.4. The summed E-state index contributed by atoms with van der Waals surface area (Å²) in [5.41, 5.74) is 0.189. The molecule has 1 aliphatic heterocycles. The van der Waals surface area contributed by atoms with Gasteiger partial charge in [-0.2, -0.15) is 0 Å². The number of halogens is 2. The van der Waals surface area contributed by atoms with Crippen molar-refractivity contribution in [3.05, 3.63) is 76.4 Å². The average Bonchev–Trinajstić information content (AvgIpc) is 3.15. The number of hydrogen-bond acceptors (Lipinski definition) is 4. The zero-order valence-electron chi connectivity index (χ0n) is 15.7. The van der Waals surface area contributed by atoms with Crippen LogP contribution >= 0.6 is 11.6 Å². The van der Waals surface area contributed by atoms with Gasteiger partial charge in [0, 0.05) is 16.1 Å². The van der Waals surface area contributed by atoms with Gasteiger partial charge >= 0.3 is 6.03 Å². The van der Waals surface area contributed by atoms with E-state index in [0.717, 1.165) is 16.5 Å². The number of carbonyl (C=O) groups is 2. The number of aromatic nitrogens is 1. The van der Waals surface area contributed by atoms with Crippen LogP contribution in [0.2, 0.25) is 5.02 Å². The van der Waals surface area contributed by atoms with E-state index < -0.39 is 23.3 Å². The van der Waals surface area contributed by atoms with E-state index in [1.807, 2.05) is 30.3 Å². The normalized spacial score (nSPS) is 19.0. The molecule has 4 rings (SSSR count). The van der Waals surface area contributed by atoms with Crippen LogP contribution in [0, 0.1) is 12.7 Å². The van der Waals surface area contributed by atoms with Crippen LogP contribution in [0.4, 0.5) is 9.18 Å². The topological polar surface area (TPSA) is 75.4 Å². The summed E-state index contributed by atoms with van der Waals surface area (Å²) in [6.07, 6.45) is 0. The minimum absolute atomic E-state index is 0.0543. The van der Waals surface area contributed by atoms with Crippen LogP contribution in [0.5, 0.6) is 0 Å². The molecular formula is C21H17ClFN3O3. The van der Waals surface area contributed by atoms with Crippen molar-refractivity contribution < 1.29 is 18.4 Å². The van der Waals surface area contributed by atoms with Gasteiger partial charge in [-0.1, -0.05) is 35.9 Å². The molecule has 148 valence electrons. The highest BCUT2D eigenvalue weighted by Crippen LogP contribution is 2.35. The van der Waals surface area contributed by atoms with E-state index in [-0.39, 0.29) is 11.6 Å². The van der Waals surface area contributed by atoms with E-state index in [1.165, 1.54) is 19.1 Å². The molecule has 1 aromatic heterocycles. The smallest absolute Gasteiger partial charge is 0.325 e. The van der Waals surface area contributed by atoms with Gasteiger partial charge in [-0.05, 0) is 38.1 Å². The fourth-order valence-corrected chi connectivity index (χ4v) is 3.70. The molecule has 0 aliphatic carbocycles. The Labute approximate surface area is 171 Å². The highest BCUT2D eigenvalue weighted by molar-refractivity contribution is 6.32. The van der Waals surface area contributed by atoms with Gasteiger partial charge in [-0.3, -0.25) is 9.69 Å². The maximum absolute atomic E-state index is 13.4. The van der Waals surface area contributed by atoms with Crippen molar-refractivity contribution in [3.63, 3.8) is 0 Å². The Morgan fingerprint density at radius 1 is 1.21 bits per heavy atom. The molecule has 1 N–H and O–H groups in total. The molecule has 1 unspecified atom stereocenters. The molecule has 3 amide bonds. The molecule has 1 saturated heterocycles. The van der Waals surface area contributed by atoms with Crippen LogP contribution in [0.1, 0.15) is 23.9 Å². The van der Waals surface area contributed by atoms with E-state index in [1.54, 1.807) is 6.92 Å². The number of carbonyl (C=O) groups excluding carboxylic acids is 2. The second-order valence-electron chi connectivity index (χ2n) is 6.96. The Morgan fingerprint density at radius 2 is 1.93 bits per heavy atom. The van der Waals surface area contributed by atoms with E-state index >= 15 is 0 Å². The lowest BCUT2D eigenvalue weighted by molar-refractivity contribution is -0.131. The highest BCUT2D eigenvalue weighted by atomic mass is 35.5. The predicted octanol–water partition coefficient (Wildman–Crippen LogP) is 4.41. The molecule has 29 heavy (non-hydrogen) atoms. The minimum Gasteiger partial charge on any atom is -0.441 e. The first-order valence-electron chi connectivity index (χ1n) is 8.91. The van der Waals surface area contributed by atoms with Crippen molar-refractivity contribution in [1.29, 1.82) is 0 Å². The molecule has 1 fully saturated rings. The Kier molecular flexibility index (Phi) is 4.62.